The first-order valence-electron chi connectivity index (χ1n) is 4.69. The maximum Gasteiger partial charge on any atom is 0.142 e. The summed E-state index contributed by atoms with van der Waals surface area (Å²) in [5, 5.41) is 3.86. The Morgan fingerprint density at radius 3 is 2.62 bits per heavy atom. The molecule has 5 N–H and O–H groups in total. The second-order valence-corrected chi connectivity index (χ2v) is 3.02. The molecule has 1 aromatic rings. The molecule has 1 aromatic carbocycles. The number of nitrogens with two attached hydrogens (primary N) is 2. The Bertz CT molecular complexity index is 366. The lowest BCUT2D eigenvalue weighted by Gasteiger charge is -2.07. The first-order valence-corrected chi connectivity index (χ1v) is 4.69. The fourth-order valence-electron chi connectivity index (χ4n) is 1.13. The molecular weight excluding hydrogens is 208 g/mol. The second kappa shape index (κ2) is 5.94. The molecule has 0 aliphatic heterocycles. The molecule has 0 bridgehead atoms. The Labute approximate surface area is 94.2 Å². The molecule has 0 aromatic heterocycles. The number of hydrazone groups is 1. The van der Waals surface area contributed by atoms with Crippen molar-refractivity contribution >= 4 is 6.21 Å². The fourth-order valence-corrected chi connectivity index (χ4v) is 1.13. The summed E-state index contributed by atoms with van der Waals surface area (Å²) in [5.74, 6) is 1.41. The zero-order chi connectivity index (χ0) is 12.0. The van der Waals surface area contributed by atoms with Gasteiger partial charge in [-0.2, -0.15) is 5.10 Å². The van der Waals surface area contributed by atoms with Crippen molar-refractivity contribution in [3.8, 4) is 11.5 Å². The normalized spacial score (nSPS) is 10.8. The van der Waals surface area contributed by atoms with Crippen LogP contribution in [0.2, 0.25) is 0 Å². The van der Waals surface area contributed by atoms with Gasteiger partial charge in [0.1, 0.15) is 17.8 Å². The first kappa shape index (κ1) is 12.3. The summed E-state index contributed by atoms with van der Waals surface area (Å²) in [6.45, 7) is 0. The average Bonchev–Trinajstić information content (AvgIpc) is 2.28. The molecule has 88 valence electrons. The van der Waals surface area contributed by atoms with Gasteiger partial charge in [-0.3, -0.25) is 16.9 Å². The zero-order valence-corrected chi connectivity index (χ0v) is 9.31. The van der Waals surface area contributed by atoms with Crippen molar-refractivity contribution in [3.05, 3.63) is 23.8 Å². The lowest BCUT2D eigenvalue weighted by atomic mass is 10.2. The van der Waals surface area contributed by atoms with Gasteiger partial charge < -0.3 is 9.47 Å². The van der Waals surface area contributed by atoms with Crippen LogP contribution in [0.3, 0.4) is 0 Å². The summed E-state index contributed by atoms with van der Waals surface area (Å²) in [4.78, 5) is 0. The molecule has 0 unspecified atom stereocenters. The van der Waals surface area contributed by atoms with Crippen molar-refractivity contribution in [2.75, 3.05) is 14.2 Å². The molecule has 16 heavy (non-hydrogen) atoms. The van der Waals surface area contributed by atoms with Crippen LogP contribution in [0.1, 0.15) is 5.56 Å². The third kappa shape index (κ3) is 3.41. The average molecular weight is 224 g/mol. The summed E-state index contributed by atoms with van der Waals surface area (Å²) in [6.07, 6.45) is 0.876. The second-order valence-electron chi connectivity index (χ2n) is 3.02. The predicted octanol–water partition coefficient (Wildman–Crippen LogP) is -0.172. The highest BCUT2D eigenvalue weighted by Gasteiger charge is 2.02. The Balaban J connectivity index is 2.86. The monoisotopic (exact) mass is 224 g/mol. The van der Waals surface area contributed by atoms with E-state index in [1.54, 1.807) is 38.6 Å². The summed E-state index contributed by atoms with van der Waals surface area (Å²) < 4.78 is 10.3. The van der Waals surface area contributed by atoms with E-state index in [-0.39, 0.29) is 0 Å². The zero-order valence-electron chi connectivity index (χ0n) is 9.31. The van der Waals surface area contributed by atoms with Gasteiger partial charge in [-0.1, -0.05) is 0 Å². The molecule has 0 heterocycles. The number of rotatable bonds is 5. The van der Waals surface area contributed by atoms with E-state index in [2.05, 4.69) is 10.5 Å². The molecule has 0 aliphatic rings. The largest absolute Gasteiger partial charge is 0.497 e. The van der Waals surface area contributed by atoms with E-state index in [0.717, 1.165) is 11.3 Å². The molecule has 0 radical (unpaired) electrons. The van der Waals surface area contributed by atoms with Crippen LogP contribution in [0.15, 0.2) is 23.3 Å². The van der Waals surface area contributed by atoms with E-state index < -0.39 is 6.29 Å². The van der Waals surface area contributed by atoms with Crippen LogP contribution in [0.4, 0.5) is 0 Å². The molecule has 0 saturated heterocycles. The van der Waals surface area contributed by atoms with Crippen molar-refractivity contribution in [3.63, 3.8) is 0 Å². The summed E-state index contributed by atoms with van der Waals surface area (Å²) >= 11 is 0. The van der Waals surface area contributed by atoms with Crippen molar-refractivity contribution in [1.29, 1.82) is 0 Å². The van der Waals surface area contributed by atoms with Crippen molar-refractivity contribution < 1.29 is 9.47 Å². The number of benzene rings is 1. The molecular formula is C10H16N4O2. The molecule has 1 rings (SSSR count). The summed E-state index contributed by atoms with van der Waals surface area (Å²) in [6, 6.07) is 5.40. The van der Waals surface area contributed by atoms with Crippen LogP contribution in [0.5, 0.6) is 11.5 Å². The minimum Gasteiger partial charge on any atom is -0.497 e. The van der Waals surface area contributed by atoms with E-state index in [9.17, 15) is 0 Å². The third-order valence-corrected chi connectivity index (χ3v) is 1.86. The predicted molar refractivity (Wildman–Crippen MR) is 62.4 cm³/mol. The molecule has 0 amide bonds. The van der Waals surface area contributed by atoms with E-state index in [4.69, 9.17) is 20.9 Å². The third-order valence-electron chi connectivity index (χ3n) is 1.86. The molecule has 0 atom stereocenters. The Hall–Kier alpha value is -1.79. The smallest absolute Gasteiger partial charge is 0.142 e. The minimum absolute atomic E-state index is 0.687. The van der Waals surface area contributed by atoms with Crippen molar-refractivity contribution in [2.24, 2.45) is 16.6 Å². The number of ether oxygens (including phenoxy) is 2. The summed E-state index contributed by atoms with van der Waals surface area (Å²) in [5.41, 5.74) is 13.8. The number of hydrogen-bond acceptors (Lipinski definition) is 6. The Morgan fingerprint density at radius 1 is 1.31 bits per heavy atom. The van der Waals surface area contributed by atoms with Crippen LogP contribution in [-0.4, -0.2) is 26.7 Å². The van der Waals surface area contributed by atoms with Gasteiger partial charge in [0.25, 0.3) is 0 Å². The van der Waals surface area contributed by atoms with Crippen LogP contribution in [0.25, 0.3) is 0 Å². The first-order chi connectivity index (χ1) is 7.67. The lowest BCUT2D eigenvalue weighted by molar-refractivity contribution is 0.402. The highest BCUT2D eigenvalue weighted by molar-refractivity contribution is 5.84. The number of nitrogens with one attached hydrogen (secondary N) is 1. The van der Waals surface area contributed by atoms with Gasteiger partial charge in [0, 0.05) is 5.56 Å². The topological polar surface area (TPSA) is 94.9 Å². The van der Waals surface area contributed by atoms with Crippen LogP contribution in [0, 0.1) is 0 Å². The highest BCUT2D eigenvalue weighted by atomic mass is 16.5. The highest BCUT2D eigenvalue weighted by Crippen LogP contribution is 2.22. The maximum atomic E-state index is 5.28. The minimum atomic E-state index is -0.687. The van der Waals surface area contributed by atoms with Gasteiger partial charge in [-0.15, -0.1) is 0 Å². The Morgan fingerprint density at radius 2 is 2.06 bits per heavy atom. The number of methoxy groups -OCH3 is 2. The molecule has 0 fully saturated rings. The van der Waals surface area contributed by atoms with Gasteiger partial charge >= 0.3 is 0 Å². The van der Waals surface area contributed by atoms with Crippen LogP contribution in [-0.2, 0) is 0 Å². The van der Waals surface area contributed by atoms with Gasteiger partial charge in [0.15, 0.2) is 0 Å². The molecule has 6 nitrogen and oxygen atoms in total. The lowest BCUT2D eigenvalue weighted by Crippen LogP contribution is -2.42. The van der Waals surface area contributed by atoms with Gasteiger partial charge in [0.2, 0.25) is 0 Å². The summed E-state index contributed by atoms with van der Waals surface area (Å²) in [7, 11) is 3.18. The van der Waals surface area contributed by atoms with Gasteiger partial charge in [-0.25, -0.2) is 0 Å². The fraction of sp³-hybridized carbons (Fsp3) is 0.300. The SMILES string of the molecule is COc1ccc(OC)c(/C=N/NC(N)N)c1. The van der Waals surface area contributed by atoms with Crippen LogP contribution < -0.4 is 26.4 Å². The van der Waals surface area contributed by atoms with E-state index in [0.29, 0.717) is 5.75 Å². The van der Waals surface area contributed by atoms with E-state index in [1.807, 2.05) is 0 Å². The molecule has 0 spiro atoms. The quantitative estimate of drug-likeness (QED) is 0.366. The number of hydrogen-bond donors (Lipinski definition) is 3. The maximum absolute atomic E-state index is 5.28. The molecule has 6 heteroatoms. The van der Waals surface area contributed by atoms with E-state index in [1.165, 1.54) is 0 Å². The van der Waals surface area contributed by atoms with Crippen molar-refractivity contribution in [1.82, 2.24) is 5.43 Å². The van der Waals surface area contributed by atoms with Gasteiger partial charge in [-0.05, 0) is 18.2 Å². The number of nitrogens with zero attached hydrogens (tertiary/aromatic N) is 1. The molecule has 0 saturated carbocycles. The van der Waals surface area contributed by atoms with Crippen molar-refractivity contribution in [2.45, 2.75) is 6.29 Å². The molecule has 0 aliphatic carbocycles. The van der Waals surface area contributed by atoms with Crippen LogP contribution >= 0.6 is 0 Å². The standard InChI is InChI=1S/C10H16N4O2/c1-15-8-3-4-9(16-2)7(5-8)6-13-14-10(11)12/h3-6,10,14H,11-12H2,1-2H3/b13-6+. The Kier molecular flexibility index (Phi) is 4.56. The van der Waals surface area contributed by atoms with Gasteiger partial charge in [0.05, 0.1) is 20.4 Å². The van der Waals surface area contributed by atoms with E-state index >= 15 is 0 Å².